The molecule has 7 nitrogen and oxygen atoms in total. The van der Waals surface area contributed by atoms with E-state index in [-0.39, 0.29) is 11.9 Å². The molecule has 2 aromatic carbocycles. The number of anilines is 1. The van der Waals surface area contributed by atoms with Crippen LogP contribution in [0.1, 0.15) is 5.56 Å². The maximum Gasteiger partial charge on any atom is 0.490 e. The first kappa shape index (κ1) is 19.7. The van der Waals surface area contributed by atoms with Crippen molar-refractivity contribution in [1.29, 1.82) is 5.41 Å². The van der Waals surface area contributed by atoms with Crippen LogP contribution in [0.25, 0.3) is 10.8 Å². The Balaban J connectivity index is 0.000000381. The fourth-order valence-corrected chi connectivity index (χ4v) is 1.68. The number of hydrogen-bond donors (Lipinski definition) is 5. The van der Waals surface area contributed by atoms with Gasteiger partial charge in [0.25, 0.3) is 0 Å². The lowest BCUT2D eigenvalue weighted by molar-refractivity contribution is -0.192. The number of fused-ring (bicyclic) bond motifs is 1. The van der Waals surface area contributed by atoms with Crippen LogP contribution in [0, 0.1) is 5.41 Å². The molecule has 0 saturated carbocycles. The van der Waals surface area contributed by atoms with E-state index in [1.165, 1.54) is 0 Å². The Kier molecular flexibility index (Phi) is 6.31. The number of rotatable bonds is 2. The van der Waals surface area contributed by atoms with Crippen molar-refractivity contribution in [2.75, 3.05) is 12.4 Å². The zero-order chi connectivity index (χ0) is 19.2. The molecule has 2 amide bonds. The first-order valence-electron chi connectivity index (χ1n) is 6.71. The van der Waals surface area contributed by atoms with Gasteiger partial charge in [0.2, 0.25) is 0 Å². The van der Waals surface area contributed by atoms with Gasteiger partial charge in [0.15, 0.2) is 0 Å². The molecular formula is C15H15F3N4O3. The highest BCUT2D eigenvalue weighted by Crippen LogP contribution is 2.20. The molecule has 0 aliphatic rings. The fourth-order valence-electron chi connectivity index (χ4n) is 1.68. The van der Waals surface area contributed by atoms with E-state index in [0.717, 1.165) is 16.5 Å². The minimum Gasteiger partial charge on any atom is -0.475 e. The van der Waals surface area contributed by atoms with Crippen LogP contribution in [0.5, 0.6) is 0 Å². The third kappa shape index (κ3) is 6.01. The van der Waals surface area contributed by atoms with E-state index in [4.69, 9.17) is 21.0 Å². The molecule has 0 unspecified atom stereocenters. The minimum atomic E-state index is -5.08. The third-order valence-electron chi connectivity index (χ3n) is 2.88. The van der Waals surface area contributed by atoms with E-state index < -0.39 is 12.1 Å². The SMILES string of the molecule is CNC(=O)Nc1ccc2cc(C(=N)N)ccc2c1.O=C(O)C(F)(F)F. The number of carboxylic acids is 1. The summed E-state index contributed by atoms with van der Waals surface area (Å²) in [7, 11) is 1.56. The van der Waals surface area contributed by atoms with E-state index in [1.54, 1.807) is 13.1 Å². The summed E-state index contributed by atoms with van der Waals surface area (Å²) in [5.41, 5.74) is 6.85. The van der Waals surface area contributed by atoms with Gasteiger partial charge in [-0.15, -0.1) is 0 Å². The van der Waals surface area contributed by atoms with E-state index in [0.29, 0.717) is 5.56 Å². The molecule has 134 valence electrons. The van der Waals surface area contributed by atoms with Crippen LogP contribution >= 0.6 is 0 Å². The molecular weight excluding hydrogens is 341 g/mol. The molecule has 0 aliphatic heterocycles. The molecule has 0 heterocycles. The van der Waals surface area contributed by atoms with Gasteiger partial charge in [-0.25, -0.2) is 9.59 Å². The average molecular weight is 356 g/mol. The molecule has 0 aromatic heterocycles. The summed E-state index contributed by atoms with van der Waals surface area (Å²) in [4.78, 5) is 20.1. The van der Waals surface area contributed by atoms with Crippen molar-refractivity contribution < 1.29 is 27.9 Å². The largest absolute Gasteiger partial charge is 0.490 e. The number of nitrogens with two attached hydrogens (primary N) is 1. The van der Waals surface area contributed by atoms with E-state index >= 15 is 0 Å². The number of halogens is 3. The summed E-state index contributed by atoms with van der Waals surface area (Å²) in [6.45, 7) is 0. The monoisotopic (exact) mass is 356 g/mol. The normalized spacial score (nSPS) is 10.4. The van der Waals surface area contributed by atoms with Crippen LogP contribution in [0.15, 0.2) is 36.4 Å². The van der Waals surface area contributed by atoms with Crippen LogP contribution in [-0.4, -0.2) is 36.2 Å². The van der Waals surface area contributed by atoms with Crippen LogP contribution in [-0.2, 0) is 4.79 Å². The highest BCUT2D eigenvalue weighted by molar-refractivity contribution is 6.00. The van der Waals surface area contributed by atoms with Crippen molar-refractivity contribution in [3.8, 4) is 0 Å². The number of carbonyl (C=O) groups excluding carboxylic acids is 1. The first-order valence-corrected chi connectivity index (χ1v) is 6.71. The molecule has 0 aliphatic carbocycles. The van der Waals surface area contributed by atoms with Crippen molar-refractivity contribution in [3.63, 3.8) is 0 Å². The van der Waals surface area contributed by atoms with Crippen LogP contribution in [0.3, 0.4) is 0 Å². The van der Waals surface area contributed by atoms with Gasteiger partial charge >= 0.3 is 18.2 Å². The predicted octanol–water partition coefficient (Wildman–Crippen LogP) is 2.51. The molecule has 0 radical (unpaired) electrons. The predicted molar refractivity (Wildman–Crippen MR) is 86.7 cm³/mol. The lowest BCUT2D eigenvalue weighted by atomic mass is 10.1. The van der Waals surface area contributed by atoms with Gasteiger partial charge in [0.1, 0.15) is 5.84 Å². The molecule has 25 heavy (non-hydrogen) atoms. The molecule has 6 N–H and O–H groups in total. The maximum atomic E-state index is 11.2. The van der Waals surface area contributed by atoms with Crippen LogP contribution < -0.4 is 16.4 Å². The smallest absolute Gasteiger partial charge is 0.475 e. The molecule has 0 bridgehead atoms. The summed E-state index contributed by atoms with van der Waals surface area (Å²) in [5, 5.41) is 21.7. The second-order valence-corrected chi connectivity index (χ2v) is 4.70. The average Bonchev–Trinajstić information content (AvgIpc) is 2.53. The van der Waals surface area contributed by atoms with Crippen LogP contribution in [0.4, 0.5) is 23.7 Å². The summed E-state index contributed by atoms with van der Waals surface area (Å²) in [6, 6.07) is 10.8. The Hall–Kier alpha value is -3.30. The summed E-state index contributed by atoms with van der Waals surface area (Å²) < 4.78 is 31.7. The molecule has 2 aromatic rings. The van der Waals surface area contributed by atoms with Crippen molar-refractivity contribution in [3.05, 3.63) is 42.0 Å². The molecule has 0 spiro atoms. The van der Waals surface area contributed by atoms with Gasteiger partial charge < -0.3 is 21.5 Å². The van der Waals surface area contributed by atoms with E-state index in [1.807, 2.05) is 30.3 Å². The van der Waals surface area contributed by atoms with Crippen molar-refractivity contribution in [2.45, 2.75) is 6.18 Å². The topological polar surface area (TPSA) is 128 Å². The summed E-state index contributed by atoms with van der Waals surface area (Å²) >= 11 is 0. The quantitative estimate of drug-likeness (QED) is 0.418. The number of alkyl halides is 3. The molecule has 10 heteroatoms. The second-order valence-electron chi connectivity index (χ2n) is 4.70. The van der Waals surface area contributed by atoms with Gasteiger partial charge in [-0.3, -0.25) is 5.41 Å². The Labute approximate surface area is 140 Å². The zero-order valence-corrected chi connectivity index (χ0v) is 12.9. The number of carbonyl (C=O) groups is 2. The van der Waals surface area contributed by atoms with Crippen LogP contribution in [0.2, 0.25) is 0 Å². The Morgan fingerprint density at radius 2 is 1.64 bits per heavy atom. The highest BCUT2D eigenvalue weighted by Gasteiger charge is 2.38. The second kappa shape index (κ2) is 7.99. The highest BCUT2D eigenvalue weighted by atomic mass is 19.4. The lowest BCUT2D eigenvalue weighted by Crippen LogP contribution is -2.24. The number of hydrogen-bond acceptors (Lipinski definition) is 3. The maximum absolute atomic E-state index is 11.2. The molecule has 0 saturated heterocycles. The molecule has 0 atom stereocenters. The Bertz CT molecular complexity index is 806. The van der Waals surface area contributed by atoms with E-state index in [2.05, 4.69) is 10.6 Å². The fraction of sp³-hybridized carbons (Fsp3) is 0.133. The van der Waals surface area contributed by atoms with Gasteiger partial charge in [-0.2, -0.15) is 13.2 Å². The summed E-state index contributed by atoms with van der Waals surface area (Å²) in [6.07, 6.45) is -5.08. The lowest BCUT2D eigenvalue weighted by Gasteiger charge is -2.07. The Morgan fingerprint density at radius 1 is 1.12 bits per heavy atom. The third-order valence-corrected chi connectivity index (χ3v) is 2.88. The summed E-state index contributed by atoms with van der Waals surface area (Å²) in [5.74, 6) is -2.71. The minimum absolute atomic E-state index is 0.0458. The Morgan fingerprint density at radius 3 is 2.12 bits per heavy atom. The number of carboxylic acid groups (broad SMARTS) is 1. The number of amidine groups is 1. The standard InChI is InChI=1S/C13H14N4O.C2HF3O2/c1-16-13(18)17-11-5-4-8-6-10(12(14)15)3-2-9(8)7-11;3-2(4,5)1(6)7/h2-7H,1H3,(H3,14,15)(H2,16,17,18);(H,6,7). The number of nitrogen functional groups attached to an aromatic ring is 1. The molecule has 2 rings (SSSR count). The van der Waals surface area contributed by atoms with E-state index in [9.17, 15) is 18.0 Å². The first-order chi connectivity index (χ1) is 11.5. The number of benzene rings is 2. The number of urea groups is 1. The molecule has 0 fully saturated rings. The van der Waals surface area contributed by atoms with Crippen molar-refractivity contribution in [2.24, 2.45) is 5.73 Å². The van der Waals surface area contributed by atoms with Gasteiger partial charge in [-0.05, 0) is 29.0 Å². The van der Waals surface area contributed by atoms with Gasteiger partial charge in [0.05, 0.1) is 0 Å². The number of aliphatic carboxylic acids is 1. The van der Waals surface area contributed by atoms with Crippen molar-refractivity contribution in [1.82, 2.24) is 5.32 Å². The number of nitrogens with one attached hydrogen (secondary N) is 3. The number of amides is 2. The van der Waals surface area contributed by atoms with Crippen molar-refractivity contribution >= 4 is 34.3 Å². The van der Waals surface area contributed by atoms with Gasteiger partial charge in [-0.1, -0.05) is 18.2 Å². The van der Waals surface area contributed by atoms with Gasteiger partial charge in [0, 0.05) is 18.3 Å². The zero-order valence-electron chi connectivity index (χ0n) is 12.9.